The lowest BCUT2D eigenvalue weighted by Crippen LogP contribution is -2.47. The zero-order valence-corrected chi connectivity index (χ0v) is 13.6. The predicted octanol–water partition coefficient (Wildman–Crippen LogP) is 1.17. The van der Waals surface area contributed by atoms with Crippen LogP contribution in [0.2, 0.25) is 0 Å². The molecule has 24 heavy (non-hydrogen) atoms. The third-order valence-corrected chi connectivity index (χ3v) is 4.10. The first-order valence-electron chi connectivity index (χ1n) is 8.16. The van der Waals surface area contributed by atoms with Gasteiger partial charge in [0.25, 0.3) is 0 Å². The highest BCUT2D eigenvalue weighted by Gasteiger charge is 2.24. The smallest absolute Gasteiger partial charge is 0.409 e. The largest absolute Gasteiger partial charge is 0.450 e. The molecule has 0 saturated carbocycles. The van der Waals surface area contributed by atoms with E-state index in [1.165, 1.54) is 0 Å². The minimum Gasteiger partial charge on any atom is -0.450 e. The Morgan fingerprint density at radius 3 is 2.79 bits per heavy atom. The van der Waals surface area contributed by atoms with E-state index < -0.39 is 0 Å². The van der Waals surface area contributed by atoms with E-state index >= 15 is 0 Å². The lowest BCUT2D eigenvalue weighted by Gasteiger charge is -2.31. The summed E-state index contributed by atoms with van der Waals surface area (Å²) in [5.74, 6) is -0.0970. The van der Waals surface area contributed by atoms with Gasteiger partial charge in [0, 0.05) is 19.1 Å². The summed E-state index contributed by atoms with van der Waals surface area (Å²) in [5, 5.41) is 11.1. The van der Waals surface area contributed by atoms with E-state index in [4.69, 9.17) is 4.74 Å². The van der Waals surface area contributed by atoms with E-state index in [-0.39, 0.29) is 24.6 Å². The Labute approximate surface area is 139 Å². The topological polar surface area (TPSA) is 89.4 Å². The number of carbonyl (C=O) groups is 2. The number of hydrogen-bond donors (Lipinski definition) is 1. The van der Waals surface area contributed by atoms with Crippen molar-refractivity contribution >= 4 is 23.0 Å². The van der Waals surface area contributed by atoms with Gasteiger partial charge in [0.15, 0.2) is 0 Å². The van der Waals surface area contributed by atoms with Crippen molar-refractivity contribution in [3.8, 4) is 0 Å². The number of benzene rings is 1. The summed E-state index contributed by atoms with van der Waals surface area (Å²) in [4.78, 5) is 25.6. The van der Waals surface area contributed by atoms with Crippen LogP contribution in [0.15, 0.2) is 24.3 Å². The summed E-state index contributed by atoms with van der Waals surface area (Å²) in [6.07, 6.45) is 1.17. The number of ether oxygens (including phenoxy) is 1. The van der Waals surface area contributed by atoms with Crippen LogP contribution in [0.4, 0.5) is 4.79 Å². The normalized spacial score (nSPS) is 15.5. The standard InChI is InChI=1S/C16H21N5O3/c1-2-24-16(23)20-9-7-12(8-10-20)17-15(22)11-21-14-6-4-3-5-13(14)18-19-21/h3-6,12H,2,7-11H2,1H3,(H,17,22). The first kappa shape index (κ1) is 16.2. The van der Waals surface area contributed by atoms with Crippen molar-refractivity contribution in [3.63, 3.8) is 0 Å². The maximum absolute atomic E-state index is 12.2. The molecule has 1 N–H and O–H groups in total. The minimum atomic E-state index is -0.281. The highest BCUT2D eigenvalue weighted by molar-refractivity contribution is 5.79. The molecule has 1 saturated heterocycles. The van der Waals surface area contributed by atoms with Crippen LogP contribution in [-0.4, -0.2) is 57.6 Å². The van der Waals surface area contributed by atoms with E-state index in [1.807, 2.05) is 24.3 Å². The van der Waals surface area contributed by atoms with Crippen molar-refractivity contribution < 1.29 is 14.3 Å². The van der Waals surface area contributed by atoms with E-state index in [1.54, 1.807) is 16.5 Å². The number of amides is 2. The molecule has 1 aliphatic heterocycles. The zero-order chi connectivity index (χ0) is 16.9. The van der Waals surface area contributed by atoms with Gasteiger partial charge in [-0.1, -0.05) is 17.3 Å². The summed E-state index contributed by atoms with van der Waals surface area (Å²) in [7, 11) is 0. The predicted molar refractivity (Wildman–Crippen MR) is 87.3 cm³/mol. The number of likely N-dealkylation sites (tertiary alicyclic amines) is 1. The first-order valence-corrected chi connectivity index (χ1v) is 8.16. The van der Waals surface area contributed by atoms with Gasteiger partial charge in [-0.25, -0.2) is 9.48 Å². The van der Waals surface area contributed by atoms with Gasteiger partial charge in [0.2, 0.25) is 5.91 Å². The zero-order valence-electron chi connectivity index (χ0n) is 13.6. The van der Waals surface area contributed by atoms with Gasteiger partial charge >= 0.3 is 6.09 Å². The van der Waals surface area contributed by atoms with Crippen LogP contribution in [0.3, 0.4) is 0 Å². The molecule has 2 heterocycles. The maximum atomic E-state index is 12.2. The molecule has 2 aromatic rings. The van der Waals surface area contributed by atoms with Gasteiger partial charge in [-0.05, 0) is 31.9 Å². The average Bonchev–Trinajstić information content (AvgIpc) is 2.99. The number of hydrogen-bond acceptors (Lipinski definition) is 5. The van der Waals surface area contributed by atoms with Gasteiger partial charge in [-0.2, -0.15) is 0 Å². The fraction of sp³-hybridized carbons (Fsp3) is 0.500. The van der Waals surface area contributed by atoms with Crippen molar-refractivity contribution in [2.75, 3.05) is 19.7 Å². The Balaban J connectivity index is 1.50. The third kappa shape index (κ3) is 3.64. The maximum Gasteiger partial charge on any atom is 0.409 e. The van der Waals surface area contributed by atoms with Crippen LogP contribution in [0.1, 0.15) is 19.8 Å². The summed E-state index contributed by atoms with van der Waals surface area (Å²) < 4.78 is 6.59. The summed E-state index contributed by atoms with van der Waals surface area (Å²) in [5.41, 5.74) is 1.61. The fourth-order valence-electron chi connectivity index (χ4n) is 2.86. The molecule has 128 valence electrons. The highest BCUT2D eigenvalue weighted by Crippen LogP contribution is 2.12. The van der Waals surface area contributed by atoms with Crippen LogP contribution in [0.5, 0.6) is 0 Å². The van der Waals surface area contributed by atoms with E-state index in [9.17, 15) is 9.59 Å². The summed E-state index contributed by atoms with van der Waals surface area (Å²) in [6, 6.07) is 7.60. The van der Waals surface area contributed by atoms with Crippen LogP contribution >= 0.6 is 0 Å². The van der Waals surface area contributed by atoms with Crippen molar-refractivity contribution in [2.24, 2.45) is 0 Å². The molecule has 1 aromatic heterocycles. The number of aromatic nitrogens is 3. The molecule has 0 aliphatic carbocycles. The molecule has 0 spiro atoms. The van der Waals surface area contributed by atoms with E-state index in [0.717, 1.165) is 23.9 Å². The summed E-state index contributed by atoms with van der Waals surface area (Å²) in [6.45, 7) is 3.49. The molecule has 8 nitrogen and oxygen atoms in total. The molecule has 0 bridgehead atoms. The lowest BCUT2D eigenvalue weighted by molar-refractivity contribution is -0.122. The third-order valence-electron chi connectivity index (χ3n) is 4.10. The molecule has 0 atom stereocenters. The van der Waals surface area contributed by atoms with E-state index in [2.05, 4.69) is 15.6 Å². The van der Waals surface area contributed by atoms with Gasteiger partial charge in [0.1, 0.15) is 12.1 Å². The average molecular weight is 331 g/mol. The van der Waals surface area contributed by atoms with Crippen molar-refractivity contribution in [2.45, 2.75) is 32.4 Å². The van der Waals surface area contributed by atoms with E-state index in [0.29, 0.717) is 19.7 Å². The van der Waals surface area contributed by atoms with Gasteiger partial charge in [0.05, 0.1) is 12.1 Å². The number of nitrogens with zero attached hydrogens (tertiary/aromatic N) is 4. The quantitative estimate of drug-likeness (QED) is 0.908. The number of piperidine rings is 1. The number of fused-ring (bicyclic) bond motifs is 1. The SMILES string of the molecule is CCOC(=O)N1CCC(NC(=O)Cn2nnc3ccccc32)CC1. The molecule has 0 unspecified atom stereocenters. The lowest BCUT2D eigenvalue weighted by atomic mass is 10.1. The Morgan fingerprint density at radius 2 is 2.04 bits per heavy atom. The molecule has 1 aromatic carbocycles. The second-order valence-corrected chi connectivity index (χ2v) is 5.76. The number of rotatable bonds is 4. The molecule has 8 heteroatoms. The van der Waals surface area contributed by atoms with Crippen molar-refractivity contribution in [3.05, 3.63) is 24.3 Å². The Morgan fingerprint density at radius 1 is 1.29 bits per heavy atom. The van der Waals surface area contributed by atoms with Crippen LogP contribution in [-0.2, 0) is 16.1 Å². The molecule has 1 aliphatic rings. The molecular weight excluding hydrogens is 310 g/mol. The first-order chi connectivity index (χ1) is 11.7. The number of carbonyl (C=O) groups excluding carboxylic acids is 2. The Bertz CT molecular complexity index is 721. The second-order valence-electron chi connectivity index (χ2n) is 5.76. The van der Waals surface area contributed by atoms with Crippen LogP contribution in [0, 0.1) is 0 Å². The molecule has 1 fully saturated rings. The van der Waals surface area contributed by atoms with Crippen LogP contribution < -0.4 is 5.32 Å². The van der Waals surface area contributed by atoms with Gasteiger partial charge < -0.3 is 15.0 Å². The molecule has 3 rings (SSSR count). The molecule has 2 amide bonds. The fourth-order valence-corrected chi connectivity index (χ4v) is 2.86. The van der Waals surface area contributed by atoms with Crippen molar-refractivity contribution in [1.29, 1.82) is 0 Å². The summed E-state index contributed by atoms with van der Waals surface area (Å²) >= 11 is 0. The van der Waals surface area contributed by atoms with Gasteiger partial charge in [-0.3, -0.25) is 4.79 Å². The number of nitrogens with one attached hydrogen (secondary N) is 1. The monoisotopic (exact) mass is 331 g/mol. The number of para-hydroxylation sites is 1. The van der Waals surface area contributed by atoms with Crippen molar-refractivity contribution in [1.82, 2.24) is 25.2 Å². The Hall–Kier alpha value is -2.64. The molecule has 0 radical (unpaired) electrons. The van der Waals surface area contributed by atoms with Crippen LogP contribution in [0.25, 0.3) is 11.0 Å². The second kappa shape index (κ2) is 7.29. The highest BCUT2D eigenvalue weighted by atomic mass is 16.6. The Kier molecular flexibility index (Phi) is 4.93. The van der Waals surface area contributed by atoms with Gasteiger partial charge in [-0.15, -0.1) is 5.10 Å². The minimum absolute atomic E-state index is 0.0676. The molecular formula is C16H21N5O3.